The predicted molar refractivity (Wildman–Crippen MR) is 46.4 cm³/mol. The first-order valence-electron chi connectivity index (χ1n) is 3.67. The summed E-state index contributed by atoms with van der Waals surface area (Å²) >= 11 is 0. The van der Waals surface area contributed by atoms with E-state index in [1.54, 1.807) is 6.92 Å². The van der Waals surface area contributed by atoms with Crippen LogP contribution in [0.5, 0.6) is 11.5 Å². The lowest BCUT2D eigenvalue weighted by Crippen LogP contribution is -1.98. The SMILES string of the molecule is COc1cc(C(=O)O)c(O)cc1C. The van der Waals surface area contributed by atoms with Gasteiger partial charge in [-0.05, 0) is 24.6 Å². The summed E-state index contributed by atoms with van der Waals surface area (Å²) in [5, 5.41) is 17.9. The van der Waals surface area contributed by atoms with Crippen molar-refractivity contribution in [1.82, 2.24) is 0 Å². The molecule has 13 heavy (non-hydrogen) atoms. The molecule has 0 heterocycles. The van der Waals surface area contributed by atoms with Crippen molar-refractivity contribution < 1.29 is 19.7 Å². The fourth-order valence-corrected chi connectivity index (χ4v) is 1.06. The molecule has 4 heteroatoms. The van der Waals surface area contributed by atoms with E-state index in [1.807, 2.05) is 0 Å². The topological polar surface area (TPSA) is 66.8 Å². The second-order valence-corrected chi connectivity index (χ2v) is 2.64. The Morgan fingerprint density at radius 3 is 2.54 bits per heavy atom. The highest BCUT2D eigenvalue weighted by Crippen LogP contribution is 2.26. The summed E-state index contributed by atoms with van der Waals surface area (Å²) < 4.78 is 4.92. The van der Waals surface area contributed by atoms with Crippen molar-refractivity contribution in [2.75, 3.05) is 7.11 Å². The molecule has 0 saturated carbocycles. The van der Waals surface area contributed by atoms with E-state index in [4.69, 9.17) is 9.84 Å². The lowest BCUT2D eigenvalue weighted by molar-refractivity contribution is 0.0693. The smallest absolute Gasteiger partial charge is 0.339 e. The van der Waals surface area contributed by atoms with Gasteiger partial charge in [0.1, 0.15) is 17.1 Å². The highest BCUT2D eigenvalue weighted by Gasteiger charge is 2.12. The number of hydrogen-bond acceptors (Lipinski definition) is 3. The third kappa shape index (κ3) is 1.72. The van der Waals surface area contributed by atoms with E-state index in [2.05, 4.69) is 0 Å². The second kappa shape index (κ2) is 3.35. The minimum Gasteiger partial charge on any atom is -0.507 e. The molecule has 1 rings (SSSR count). The van der Waals surface area contributed by atoms with Crippen molar-refractivity contribution in [2.45, 2.75) is 6.92 Å². The lowest BCUT2D eigenvalue weighted by atomic mass is 10.1. The van der Waals surface area contributed by atoms with Gasteiger partial charge in [-0.2, -0.15) is 0 Å². The maximum atomic E-state index is 10.6. The Balaban J connectivity index is 3.30. The molecule has 70 valence electrons. The molecule has 1 aromatic rings. The van der Waals surface area contributed by atoms with Crippen LogP contribution in [0.15, 0.2) is 12.1 Å². The van der Waals surface area contributed by atoms with E-state index in [9.17, 15) is 9.90 Å². The Morgan fingerprint density at radius 1 is 1.46 bits per heavy atom. The summed E-state index contributed by atoms with van der Waals surface area (Å²) in [5.74, 6) is -0.961. The van der Waals surface area contributed by atoms with Gasteiger partial charge in [-0.1, -0.05) is 0 Å². The number of carboxylic acid groups (broad SMARTS) is 1. The lowest BCUT2D eigenvalue weighted by Gasteiger charge is -2.06. The normalized spacial score (nSPS) is 9.69. The van der Waals surface area contributed by atoms with E-state index < -0.39 is 5.97 Å². The van der Waals surface area contributed by atoms with Gasteiger partial charge in [0.15, 0.2) is 0 Å². The van der Waals surface area contributed by atoms with E-state index in [0.717, 1.165) is 0 Å². The third-order valence-electron chi connectivity index (χ3n) is 1.74. The minimum atomic E-state index is -1.17. The largest absolute Gasteiger partial charge is 0.507 e. The molecule has 0 aliphatic heterocycles. The zero-order valence-corrected chi connectivity index (χ0v) is 7.37. The molecule has 0 amide bonds. The number of carbonyl (C=O) groups is 1. The van der Waals surface area contributed by atoms with E-state index >= 15 is 0 Å². The zero-order chi connectivity index (χ0) is 10.0. The quantitative estimate of drug-likeness (QED) is 0.725. The van der Waals surface area contributed by atoms with Crippen molar-refractivity contribution in [2.24, 2.45) is 0 Å². The first-order valence-corrected chi connectivity index (χ1v) is 3.67. The predicted octanol–water partition coefficient (Wildman–Crippen LogP) is 1.41. The van der Waals surface area contributed by atoms with E-state index in [0.29, 0.717) is 11.3 Å². The zero-order valence-electron chi connectivity index (χ0n) is 7.37. The molecule has 2 N–H and O–H groups in total. The number of aromatic carboxylic acids is 1. The molecule has 1 aromatic carbocycles. The van der Waals surface area contributed by atoms with Crippen molar-refractivity contribution in [3.8, 4) is 11.5 Å². The van der Waals surface area contributed by atoms with Gasteiger partial charge in [0.2, 0.25) is 0 Å². The van der Waals surface area contributed by atoms with Crippen molar-refractivity contribution in [3.63, 3.8) is 0 Å². The molecule has 0 radical (unpaired) electrons. The Morgan fingerprint density at radius 2 is 2.08 bits per heavy atom. The fraction of sp³-hybridized carbons (Fsp3) is 0.222. The van der Waals surface area contributed by atoms with Crippen LogP contribution >= 0.6 is 0 Å². The minimum absolute atomic E-state index is 0.151. The number of hydrogen-bond donors (Lipinski definition) is 2. The molecular weight excluding hydrogens is 172 g/mol. The molecule has 0 unspecified atom stereocenters. The molecule has 0 atom stereocenters. The molecule has 0 saturated heterocycles. The monoisotopic (exact) mass is 182 g/mol. The number of carboxylic acids is 1. The van der Waals surface area contributed by atoms with E-state index in [1.165, 1.54) is 19.2 Å². The van der Waals surface area contributed by atoms with E-state index in [-0.39, 0.29) is 11.3 Å². The summed E-state index contributed by atoms with van der Waals surface area (Å²) in [6, 6.07) is 2.66. The van der Waals surface area contributed by atoms with Gasteiger partial charge in [0, 0.05) is 0 Å². The Bertz CT molecular complexity index is 344. The number of methoxy groups -OCH3 is 1. The average molecular weight is 182 g/mol. The van der Waals surface area contributed by atoms with Crippen molar-refractivity contribution in [3.05, 3.63) is 23.3 Å². The maximum Gasteiger partial charge on any atom is 0.339 e. The summed E-state index contributed by atoms with van der Waals surface area (Å²) in [5.41, 5.74) is 0.549. The van der Waals surface area contributed by atoms with Gasteiger partial charge < -0.3 is 14.9 Å². The van der Waals surface area contributed by atoms with Crippen molar-refractivity contribution >= 4 is 5.97 Å². The standard InChI is InChI=1S/C9H10O4/c1-5-3-7(10)6(9(11)12)4-8(5)13-2/h3-4,10H,1-2H3,(H,11,12). The number of rotatable bonds is 2. The van der Waals surface area contributed by atoms with Crippen LogP contribution in [0.2, 0.25) is 0 Å². The Labute approximate surface area is 75.4 Å². The van der Waals surface area contributed by atoms with Crippen LogP contribution < -0.4 is 4.74 Å². The van der Waals surface area contributed by atoms with Crippen LogP contribution in [0, 0.1) is 6.92 Å². The molecule has 0 bridgehead atoms. The summed E-state index contributed by atoms with van der Waals surface area (Å²) in [4.78, 5) is 10.6. The first kappa shape index (κ1) is 9.38. The average Bonchev–Trinajstić information content (AvgIpc) is 2.03. The van der Waals surface area contributed by atoms with Crippen LogP contribution in [0.4, 0.5) is 0 Å². The Hall–Kier alpha value is -1.71. The van der Waals surface area contributed by atoms with Gasteiger partial charge in [-0.25, -0.2) is 4.79 Å². The number of ether oxygens (including phenoxy) is 1. The molecule has 0 aliphatic rings. The maximum absolute atomic E-state index is 10.6. The molecule has 0 aromatic heterocycles. The molecule has 4 nitrogen and oxygen atoms in total. The highest BCUT2D eigenvalue weighted by atomic mass is 16.5. The van der Waals surface area contributed by atoms with Crippen LogP contribution in [0.1, 0.15) is 15.9 Å². The second-order valence-electron chi connectivity index (χ2n) is 2.64. The number of aromatic hydroxyl groups is 1. The van der Waals surface area contributed by atoms with Crippen LogP contribution in [-0.2, 0) is 0 Å². The summed E-state index contributed by atoms with van der Waals surface area (Å²) in [6.07, 6.45) is 0. The van der Waals surface area contributed by atoms with Crippen LogP contribution in [0.25, 0.3) is 0 Å². The van der Waals surface area contributed by atoms with Gasteiger partial charge >= 0.3 is 5.97 Å². The third-order valence-corrected chi connectivity index (χ3v) is 1.74. The van der Waals surface area contributed by atoms with Gasteiger partial charge in [0.05, 0.1) is 7.11 Å². The number of phenols is 1. The number of benzene rings is 1. The van der Waals surface area contributed by atoms with Crippen LogP contribution in [0.3, 0.4) is 0 Å². The van der Waals surface area contributed by atoms with Gasteiger partial charge in [0.25, 0.3) is 0 Å². The number of aryl methyl sites for hydroxylation is 1. The Kier molecular flexibility index (Phi) is 2.41. The summed E-state index contributed by atoms with van der Waals surface area (Å²) in [7, 11) is 1.45. The fourth-order valence-electron chi connectivity index (χ4n) is 1.06. The molecule has 0 fully saturated rings. The summed E-state index contributed by atoms with van der Waals surface area (Å²) in [6.45, 7) is 1.73. The molecular formula is C9H10O4. The molecule has 0 spiro atoms. The van der Waals surface area contributed by atoms with Gasteiger partial charge in [-0.3, -0.25) is 0 Å². The highest BCUT2D eigenvalue weighted by molar-refractivity contribution is 5.91. The molecule has 0 aliphatic carbocycles. The van der Waals surface area contributed by atoms with Gasteiger partial charge in [-0.15, -0.1) is 0 Å². The van der Waals surface area contributed by atoms with Crippen LogP contribution in [-0.4, -0.2) is 23.3 Å². The first-order chi connectivity index (χ1) is 6.06. The van der Waals surface area contributed by atoms with Crippen molar-refractivity contribution in [1.29, 1.82) is 0 Å².